The van der Waals surface area contributed by atoms with Crippen molar-refractivity contribution in [1.29, 1.82) is 0 Å². The SMILES string of the molecule is CCCCCCC(C)OCc1cc(CNC2CC2)no1. The predicted molar refractivity (Wildman–Crippen MR) is 79.4 cm³/mol. The molecule has 1 unspecified atom stereocenters. The Morgan fingerprint density at radius 1 is 1.40 bits per heavy atom. The summed E-state index contributed by atoms with van der Waals surface area (Å²) in [6.45, 7) is 5.71. The van der Waals surface area contributed by atoms with E-state index in [4.69, 9.17) is 9.26 Å². The summed E-state index contributed by atoms with van der Waals surface area (Å²) < 4.78 is 11.1. The van der Waals surface area contributed by atoms with Gasteiger partial charge in [0.1, 0.15) is 6.61 Å². The van der Waals surface area contributed by atoms with Crippen LogP contribution in [-0.2, 0) is 17.9 Å². The van der Waals surface area contributed by atoms with E-state index >= 15 is 0 Å². The first-order chi connectivity index (χ1) is 9.78. The monoisotopic (exact) mass is 280 g/mol. The van der Waals surface area contributed by atoms with Gasteiger partial charge >= 0.3 is 0 Å². The quantitative estimate of drug-likeness (QED) is 0.626. The molecule has 4 heteroatoms. The fourth-order valence-corrected chi connectivity index (χ4v) is 2.21. The molecule has 2 rings (SSSR count). The Kier molecular flexibility index (Phi) is 6.54. The number of ether oxygens (including phenoxy) is 1. The van der Waals surface area contributed by atoms with Gasteiger partial charge in [0.25, 0.3) is 0 Å². The molecule has 1 atom stereocenters. The number of hydrogen-bond acceptors (Lipinski definition) is 4. The molecule has 1 aliphatic rings. The molecule has 1 aliphatic carbocycles. The lowest BCUT2D eigenvalue weighted by Gasteiger charge is -2.11. The van der Waals surface area contributed by atoms with E-state index in [1.807, 2.05) is 6.07 Å². The van der Waals surface area contributed by atoms with Crippen LogP contribution < -0.4 is 5.32 Å². The zero-order valence-corrected chi connectivity index (χ0v) is 12.9. The van der Waals surface area contributed by atoms with Crippen molar-refractivity contribution in [2.24, 2.45) is 0 Å². The van der Waals surface area contributed by atoms with Gasteiger partial charge in [-0.05, 0) is 26.2 Å². The fraction of sp³-hybridized carbons (Fsp3) is 0.812. The first-order valence-corrected chi connectivity index (χ1v) is 8.07. The van der Waals surface area contributed by atoms with Crippen molar-refractivity contribution >= 4 is 0 Å². The predicted octanol–water partition coefficient (Wildman–Crippen LogP) is 3.80. The number of hydrogen-bond donors (Lipinski definition) is 1. The first-order valence-electron chi connectivity index (χ1n) is 8.07. The Morgan fingerprint density at radius 3 is 3.00 bits per heavy atom. The van der Waals surface area contributed by atoms with Crippen LogP contribution in [0.3, 0.4) is 0 Å². The fourth-order valence-electron chi connectivity index (χ4n) is 2.21. The standard InChI is InChI=1S/C16H28N2O2/c1-3-4-5-6-7-13(2)19-12-16-10-15(18-20-16)11-17-14-8-9-14/h10,13-14,17H,3-9,11-12H2,1-2H3. The summed E-state index contributed by atoms with van der Waals surface area (Å²) in [5.41, 5.74) is 0.978. The third-order valence-electron chi connectivity index (χ3n) is 3.73. The summed E-state index contributed by atoms with van der Waals surface area (Å²) in [4.78, 5) is 0. The molecule has 1 aromatic rings. The van der Waals surface area contributed by atoms with Gasteiger partial charge in [-0.3, -0.25) is 0 Å². The zero-order chi connectivity index (χ0) is 14.2. The highest BCUT2D eigenvalue weighted by atomic mass is 16.5. The molecule has 0 aliphatic heterocycles. The Balaban J connectivity index is 1.57. The number of nitrogens with one attached hydrogen (secondary N) is 1. The van der Waals surface area contributed by atoms with Gasteiger partial charge in [0, 0.05) is 18.7 Å². The van der Waals surface area contributed by atoms with E-state index in [-0.39, 0.29) is 0 Å². The highest BCUT2D eigenvalue weighted by Crippen LogP contribution is 2.19. The molecule has 1 fully saturated rings. The van der Waals surface area contributed by atoms with E-state index in [9.17, 15) is 0 Å². The van der Waals surface area contributed by atoms with Crippen molar-refractivity contribution < 1.29 is 9.26 Å². The van der Waals surface area contributed by atoms with E-state index in [1.54, 1.807) is 0 Å². The number of aromatic nitrogens is 1. The first kappa shape index (κ1) is 15.5. The van der Waals surface area contributed by atoms with Crippen LogP contribution in [-0.4, -0.2) is 17.3 Å². The number of unbranched alkanes of at least 4 members (excludes halogenated alkanes) is 3. The maximum atomic E-state index is 5.81. The second-order valence-electron chi connectivity index (χ2n) is 5.91. The van der Waals surface area contributed by atoms with Crippen LogP contribution in [0.15, 0.2) is 10.6 Å². The second kappa shape index (κ2) is 8.42. The third-order valence-corrected chi connectivity index (χ3v) is 3.73. The van der Waals surface area contributed by atoms with Crippen molar-refractivity contribution in [1.82, 2.24) is 10.5 Å². The Hall–Kier alpha value is -0.870. The molecule has 0 amide bonds. The molecule has 0 aromatic carbocycles. The highest BCUT2D eigenvalue weighted by Gasteiger charge is 2.20. The smallest absolute Gasteiger partial charge is 0.162 e. The van der Waals surface area contributed by atoms with Crippen LogP contribution in [0.5, 0.6) is 0 Å². The minimum Gasteiger partial charge on any atom is -0.370 e. The minimum atomic E-state index is 0.296. The summed E-state index contributed by atoms with van der Waals surface area (Å²) in [6.07, 6.45) is 9.18. The molecule has 20 heavy (non-hydrogen) atoms. The summed E-state index contributed by atoms with van der Waals surface area (Å²) in [6, 6.07) is 2.70. The molecule has 0 radical (unpaired) electrons. The third kappa shape index (κ3) is 6.06. The van der Waals surface area contributed by atoms with Gasteiger partial charge in [0.15, 0.2) is 5.76 Å². The highest BCUT2D eigenvalue weighted by molar-refractivity contribution is 5.04. The Labute approximate surface area is 122 Å². The molecule has 0 saturated heterocycles. The van der Waals surface area contributed by atoms with Crippen molar-refractivity contribution in [3.63, 3.8) is 0 Å². The minimum absolute atomic E-state index is 0.296. The number of nitrogens with zero attached hydrogens (tertiary/aromatic N) is 1. The van der Waals surface area contributed by atoms with Gasteiger partial charge in [-0.25, -0.2) is 0 Å². The molecule has 1 N–H and O–H groups in total. The van der Waals surface area contributed by atoms with E-state index in [1.165, 1.54) is 38.5 Å². The van der Waals surface area contributed by atoms with Crippen LogP contribution in [0, 0.1) is 0 Å². The lowest BCUT2D eigenvalue weighted by molar-refractivity contribution is 0.0333. The van der Waals surface area contributed by atoms with E-state index in [2.05, 4.69) is 24.3 Å². The molecule has 0 spiro atoms. The van der Waals surface area contributed by atoms with Crippen LogP contribution in [0.1, 0.15) is 70.2 Å². The summed E-state index contributed by atoms with van der Waals surface area (Å²) in [7, 11) is 0. The maximum Gasteiger partial charge on any atom is 0.162 e. The summed E-state index contributed by atoms with van der Waals surface area (Å²) in [5.74, 6) is 0.831. The van der Waals surface area contributed by atoms with Gasteiger partial charge in [-0.1, -0.05) is 37.8 Å². The number of rotatable bonds is 11. The van der Waals surface area contributed by atoms with Crippen LogP contribution >= 0.6 is 0 Å². The Bertz CT molecular complexity index is 374. The average Bonchev–Trinajstić information content (AvgIpc) is 3.17. The van der Waals surface area contributed by atoms with Gasteiger partial charge in [0.2, 0.25) is 0 Å². The Morgan fingerprint density at radius 2 is 2.25 bits per heavy atom. The van der Waals surface area contributed by atoms with E-state index < -0.39 is 0 Å². The molecule has 4 nitrogen and oxygen atoms in total. The topological polar surface area (TPSA) is 47.3 Å². The maximum absolute atomic E-state index is 5.81. The van der Waals surface area contributed by atoms with E-state index in [0.29, 0.717) is 18.8 Å². The van der Waals surface area contributed by atoms with Crippen molar-refractivity contribution in [2.45, 2.75) is 84.1 Å². The summed E-state index contributed by atoms with van der Waals surface area (Å²) >= 11 is 0. The molecule has 1 saturated carbocycles. The van der Waals surface area contributed by atoms with Crippen LogP contribution in [0.25, 0.3) is 0 Å². The molecule has 114 valence electrons. The van der Waals surface area contributed by atoms with Gasteiger partial charge in [0.05, 0.1) is 11.8 Å². The van der Waals surface area contributed by atoms with Gasteiger partial charge in [-0.2, -0.15) is 0 Å². The van der Waals surface area contributed by atoms with Gasteiger partial charge in [-0.15, -0.1) is 0 Å². The molecular weight excluding hydrogens is 252 g/mol. The normalized spacial score (nSPS) is 16.5. The van der Waals surface area contributed by atoms with Gasteiger partial charge < -0.3 is 14.6 Å². The lowest BCUT2D eigenvalue weighted by Crippen LogP contribution is -2.15. The molecule has 1 aromatic heterocycles. The second-order valence-corrected chi connectivity index (χ2v) is 5.91. The average molecular weight is 280 g/mol. The van der Waals surface area contributed by atoms with Crippen molar-refractivity contribution in [3.05, 3.63) is 17.5 Å². The molecular formula is C16H28N2O2. The van der Waals surface area contributed by atoms with Crippen LogP contribution in [0.4, 0.5) is 0 Å². The molecule has 1 heterocycles. The largest absolute Gasteiger partial charge is 0.370 e. The summed E-state index contributed by atoms with van der Waals surface area (Å²) in [5, 5.41) is 7.49. The van der Waals surface area contributed by atoms with Crippen molar-refractivity contribution in [3.8, 4) is 0 Å². The van der Waals surface area contributed by atoms with Crippen molar-refractivity contribution in [2.75, 3.05) is 0 Å². The van der Waals surface area contributed by atoms with Crippen LogP contribution in [0.2, 0.25) is 0 Å². The molecule has 0 bridgehead atoms. The lowest BCUT2D eigenvalue weighted by atomic mass is 10.1. The van der Waals surface area contributed by atoms with E-state index in [0.717, 1.165) is 24.4 Å². The zero-order valence-electron chi connectivity index (χ0n) is 12.9.